The highest BCUT2D eigenvalue weighted by Gasteiger charge is 2.19. The van der Waals surface area contributed by atoms with Gasteiger partial charge in [-0.1, -0.05) is 18.5 Å². The van der Waals surface area contributed by atoms with Crippen LogP contribution in [0.5, 0.6) is 11.6 Å². The highest BCUT2D eigenvalue weighted by atomic mass is 35.5. The van der Waals surface area contributed by atoms with Crippen LogP contribution in [0, 0.1) is 27.7 Å². The van der Waals surface area contributed by atoms with Crippen molar-refractivity contribution in [3.05, 3.63) is 51.2 Å². The average Bonchev–Trinajstić information content (AvgIpc) is 2.58. The molecule has 6 heteroatoms. The summed E-state index contributed by atoms with van der Waals surface area (Å²) >= 11 is 6.11. The summed E-state index contributed by atoms with van der Waals surface area (Å²) < 4.78 is 6.18. The molecule has 1 aromatic heterocycles. The van der Waals surface area contributed by atoms with Crippen LogP contribution in [-0.2, 0) is 0 Å². The van der Waals surface area contributed by atoms with Crippen LogP contribution in [0.15, 0.2) is 18.2 Å². The number of amides is 2. The van der Waals surface area contributed by atoms with E-state index in [1.807, 2.05) is 52.8 Å². The number of aryl methyl sites for hydroxylation is 3. The van der Waals surface area contributed by atoms with Gasteiger partial charge in [0.15, 0.2) is 0 Å². The Labute approximate surface area is 160 Å². The molecule has 0 spiro atoms. The lowest BCUT2D eigenvalue weighted by Crippen LogP contribution is -2.35. The zero-order chi connectivity index (χ0) is 19.4. The van der Waals surface area contributed by atoms with Gasteiger partial charge in [0, 0.05) is 23.3 Å². The summed E-state index contributed by atoms with van der Waals surface area (Å²) in [5.74, 6) is 1.31. The summed E-state index contributed by atoms with van der Waals surface area (Å²) in [6.07, 6.45) is 0.760. The van der Waals surface area contributed by atoms with E-state index in [1.165, 1.54) is 0 Å². The lowest BCUT2D eigenvalue weighted by atomic mass is 9.99. The van der Waals surface area contributed by atoms with Crippen molar-refractivity contribution in [2.24, 2.45) is 0 Å². The van der Waals surface area contributed by atoms with Crippen molar-refractivity contribution in [1.82, 2.24) is 15.6 Å². The standard InChI is InChI=1S/C20H26ClN3O2/c1-7-17(24-20(25)22-6)16-10-13(4)23-19(14(16)5)26-18-11(2)8-15(21)9-12(18)3/h8-10,17H,7H2,1-6H3,(H2,22,24,25). The fourth-order valence-corrected chi connectivity index (χ4v) is 3.31. The van der Waals surface area contributed by atoms with Crippen molar-refractivity contribution in [2.45, 2.75) is 47.1 Å². The lowest BCUT2D eigenvalue weighted by Gasteiger charge is -2.22. The van der Waals surface area contributed by atoms with Gasteiger partial charge in [-0.25, -0.2) is 9.78 Å². The maximum atomic E-state index is 11.8. The summed E-state index contributed by atoms with van der Waals surface area (Å²) in [5, 5.41) is 6.25. The van der Waals surface area contributed by atoms with E-state index in [2.05, 4.69) is 15.6 Å². The molecule has 0 saturated heterocycles. The molecule has 0 aliphatic carbocycles. The first-order chi connectivity index (χ1) is 12.3. The van der Waals surface area contributed by atoms with E-state index >= 15 is 0 Å². The average molecular weight is 376 g/mol. The van der Waals surface area contributed by atoms with Crippen LogP contribution < -0.4 is 15.4 Å². The van der Waals surface area contributed by atoms with Gasteiger partial charge in [0.1, 0.15) is 5.75 Å². The molecule has 2 rings (SSSR count). The van der Waals surface area contributed by atoms with Crippen molar-refractivity contribution < 1.29 is 9.53 Å². The smallest absolute Gasteiger partial charge is 0.315 e. The molecule has 0 aliphatic rings. The Morgan fingerprint density at radius 3 is 2.35 bits per heavy atom. The second kappa shape index (κ2) is 8.41. The van der Waals surface area contributed by atoms with E-state index in [1.54, 1.807) is 7.05 Å². The van der Waals surface area contributed by atoms with Crippen LogP contribution in [0.25, 0.3) is 0 Å². The second-order valence-corrected chi connectivity index (χ2v) is 6.87. The van der Waals surface area contributed by atoms with E-state index in [0.717, 1.165) is 40.1 Å². The number of nitrogens with one attached hydrogen (secondary N) is 2. The third-order valence-electron chi connectivity index (χ3n) is 4.34. The lowest BCUT2D eigenvalue weighted by molar-refractivity contribution is 0.238. The van der Waals surface area contributed by atoms with Gasteiger partial charge in [0.2, 0.25) is 5.88 Å². The highest BCUT2D eigenvalue weighted by molar-refractivity contribution is 6.30. The van der Waals surface area contributed by atoms with Gasteiger partial charge in [0.05, 0.1) is 6.04 Å². The summed E-state index contributed by atoms with van der Waals surface area (Å²) in [6, 6.07) is 5.41. The minimum absolute atomic E-state index is 0.119. The molecule has 0 radical (unpaired) electrons. The molecule has 0 bridgehead atoms. The Morgan fingerprint density at radius 2 is 1.81 bits per heavy atom. The van der Waals surface area contributed by atoms with E-state index in [9.17, 15) is 4.79 Å². The zero-order valence-corrected chi connectivity index (χ0v) is 16.9. The maximum Gasteiger partial charge on any atom is 0.315 e. The molecule has 1 aromatic carbocycles. The van der Waals surface area contributed by atoms with Gasteiger partial charge in [-0.3, -0.25) is 0 Å². The van der Waals surface area contributed by atoms with Crippen LogP contribution in [-0.4, -0.2) is 18.1 Å². The Kier molecular flexibility index (Phi) is 6.48. The molecular weight excluding hydrogens is 350 g/mol. The molecule has 2 aromatic rings. The maximum absolute atomic E-state index is 11.8. The predicted octanol–water partition coefficient (Wildman–Crippen LogP) is 5.14. The molecule has 2 amide bonds. The highest BCUT2D eigenvalue weighted by Crippen LogP contribution is 2.34. The summed E-state index contributed by atoms with van der Waals surface area (Å²) in [6.45, 7) is 9.84. The van der Waals surface area contributed by atoms with Gasteiger partial charge < -0.3 is 15.4 Å². The van der Waals surface area contributed by atoms with Crippen molar-refractivity contribution in [3.8, 4) is 11.6 Å². The molecule has 1 atom stereocenters. The normalized spacial score (nSPS) is 11.8. The summed E-state index contributed by atoms with van der Waals surface area (Å²) in [5.41, 5.74) is 4.65. The predicted molar refractivity (Wildman–Crippen MR) is 105 cm³/mol. The molecule has 5 nitrogen and oxygen atoms in total. The number of carbonyl (C=O) groups is 1. The number of halogens is 1. The number of nitrogens with zero attached hydrogens (tertiary/aromatic N) is 1. The molecule has 2 N–H and O–H groups in total. The molecule has 1 unspecified atom stereocenters. The van der Waals surface area contributed by atoms with Gasteiger partial charge in [-0.2, -0.15) is 0 Å². The monoisotopic (exact) mass is 375 g/mol. The minimum Gasteiger partial charge on any atom is -0.438 e. The molecule has 0 aliphatic heterocycles. The fraction of sp³-hybridized carbons (Fsp3) is 0.400. The van der Waals surface area contributed by atoms with Crippen molar-refractivity contribution in [3.63, 3.8) is 0 Å². The van der Waals surface area contributed by atoms with Crippen molar-refractivity contribution in [1.29, 1.82) is 0 Å². The largest absolute Gasteiger partial charge is 0.438 e. The van der Waals surface area contributed by atoms with E-state index in [0.29, 0.717) is 10.9 Å². The van der Waals surface area contributed by atoms with Crippen LogP contribution in [0.3, 0.4) is 0 Å². The number of urea groups is 1. The molecule has 1 heterocycles. The quantitative estimate of drug-likeness (QED) is 0.760. The zero-order valence-electron chi connectivity index (χ0n) is 16.2. The number of aromatic nitrogens is 1. The van der Waals surface area contributed by atoms with Crippen LogP contribution in [0.1, 0.15) is 47.3 Å². The number of carbonyl (C=O) groups excluding carboxylic acids is 1. The molecule has 26 heavy (non-hydrogen) atoms. The van der Waals surface area contributed by atoms with Gasteiger partial charge in [-0.05, 0) is 69.0 Å². The molecule has 0 saturated carbocycles. The Bertz CT molecular complexity index is 798. The van der Waals surface area contributed by atoms with Crippen LogP contribution in [0.2, 0.25) is 5.02 Å². The van der Waals surface area contributed by atoms with Crippen molar-refractivity contribution in [2.75, 3.05) is 7.05 Å². The Hall–Kier alpha value is -2.27. The fourth-order valence-electron chi connectivity index (χ4n) is 2.98. The summed E-state index contributed by atoms with van der Waals surface area (Å²) in [7, 11) is 1.60. The number of hydrogen-bond donors (Lipinski definition) is 2. The molecule has 140 valence electrons. The first-order valence-corrected chi connectivity index (χ1v) is 9.05. The topological polar surface area (TPSA) is 63.2 Å². The van der Waals surface area contributed by atoms with E-state index in [-0.39, 0.29) is 12.1 Å². The first kappa shape index (κ1) is 20.0. The van der Waals surface area contributed by atoms with E-state index in [4.69, 9.17) is 16.3 Å². The Balaban J connectivity index is 2.45. The minimum atomic E-state index is -0.211. The number of pyridine rings is 1. The van der Waals surface area contributed by atoms with Crippen LogP contribution >= 0.6 is 11.6 Å². The first-order valence-electron chi connectivity index (χ1n) is 8.67. The second-order valence-electron chi connectivity index (χ2n) is 6.44. The summed E-state index contributed by atoms with van der Waals surface area (Å²) in [4.78, 5) is 16.3. The molecule has 0 fully saturated rings. The van der Waals surface area contributed by atoms with Crippen LogP contribution in [0.4, 0.5) is 4.79 Å². The number of ether oxygens (including phenoxy) is 1. The van der Waals surface area contributed by atoms with Gasteiger partial charge in [0.25, 0.3) is 0 Å². The number of hydrogen-bond acceptors (Lipinski definition) is 3. The number of benzene rings is 1. The van der Waals surface area contributed by atoms with Crippen molar-refractivity contribution >= 4 is 17.6 Å². The third kappa shape index (κ3) is 4.47. The van der Waals surface area contributed by atoms with Gasteiger partial charge in [-0.15, -0.1) is 0 Å². The third-order valence-corrected chi connectivity index (χ3v) is 4.55. The van der Waals surface area contributed by atoms with Gasteiger partial charge >= 0.3 is 6.03 Å². The SMILES string of the molecule is CCC(NC(=O)NC)c1cc(C)nc(Oc2c(C)cc(Cl)cc2C)c1C. The molecular formula is C20H26ClN3O2. The Morgan fingerprint density at radius 1 is 1.19 bits per heavy atom. The van der Waals surface area contributed by atoms with E-state index < -0.39 is 0 Å². The number of rotatable bonds is 5.